The van der Waals surface area contributed by atoms with E-state index >= 15 is 0 Å². The molecule has 0 heterocycles. The average molecular weight is 560 g/mol. The van der Waals surface area contributed by atoms with E-state index in [2.05, 4.69) is 17.6 Å². The van der Waals surface area contributed by atoms with Crippen molar-refractivity contribution in [3.05, 3.63) is 34.9 Å². The van der Waals surface area contributed by atoms with Crippen molar-refractivity contribution in [1.82, 2.24) is 15.5 Å². The normalized spacial score (nSPS) is 13.5. The lowest BCUT2D eigenvalue weighted by Gasteiger charge is -2.37. The molecule has 0 saturated heterocycles. The van der Waals surface area contributed by atoms with Crippen molar-refractivity contribution in [3.8, 4) is 0 Å². The molecule has 2 N–H and O–H groups in total. The quantitative estimate of drug-likeness (QED) is 0.233. The lowest BCUT2D eigenvalue weighted by atomic mass is 9.92. The van der Waals surface area contributed by atoms with Crippen molar-refractivity contribution in [1.29, 1.82) is 0 Å². The van der Waals surface area contributed by atoms with Gasteiger partial charge in [-0.2, -0.15) is 0 Å². The Kier molecular flexibility index (Phi) is 14.2. The summed E-state index contributed by atoms with van der Waals surface area (Å²) < 4.78 is 5.51. The number of hydrogen-bond acceptors (Lipinski definition) is 4. The zero-order chi connectivity index (χ0) is 30.7. The molecule has 0 aliphatic carbocycles. The SMILES string of the molecule is CCCCCCCCN(C(=O)C(CC(C)C)NC(=O)OC(C)(C)C)C(C(=O)NC(C)(C)C)c1c(C)cccc1C. The monoisotopic (exact) mass is 559 g/mol. The molecule has 0 saturated carbocycles. The summed E-state index contributed by atoms with van der Waals surface area (Å²) in [4.78, 5) is 43.0. The molecule has 1 aromatic carbocycles. The molecule has 1 aromatic rings. The molecule has 0 fully saturated rings. The Hall–Kier alpha value is -2.57. The molecule has 7 nitrogen and oxygen atoms in total. The fourth-order valence-electron chi connectivity index (χ4n) is 4.90. The second-order valence-electron chi connectivity index (χ2n) is 13.6. The largest absolute Gasteiger partial charge is 0.444 e. The molecule has 0 bridgehead atoms. The second-order valence-corrected chi connectivity index (χ2v) is 13.6. The van der Waals surface area contributed by atoms with Gasteiger partial charge >= 0.3 is 6.09 Å². The minimum absolute atomic E-state index is 0.141. The van der Waals surface area contributed by atoms with Gasteiger partial charge in [0.1, 0.15) is 17.7 Å². The Balaban J connectivity index is 3.58. The predicted molar refractivity (Wildman–Crippen MR) is 164 cm³/mol. The van der Waals surface area contributed by atoms with Crippen LogP contribution in [0.15, 0.2) is 18.2 Å². The van der Waals surface area contributed by atoms with Crippen molar-refractivity contribution in [3.63, 3.8) is 0 Å². The number of hydrogen-bond donors (Lipinski definition) is 2. The van der Waals surface area contributed by atoms with E-state index in [9.17, 15) is 14.4 Å². The van der Waals surface area contributed by atoms with Crippen molar-refractivity contribution >= 4 is 17.9 Å². The molecule has 228 valence electrons. The molecule has 0 aliphatic rings. The van der Waals surface area contributed by atoms with Gasteiger partial charge in [0.15, 0.2) is 0 Å². The molecule has 0 spiro atoms. The highest BCUT2D eigenvalue weighted by Gasteiger charge is 2.38. The molecular formula is C33H57N3O4. The molecule has 2 atom stereocenters. The zero-order valence-electron chi connectivity index (χ0n) is 27.2. The molecule has 3 amide bonds. The standard InChI is InChI=1S/C33H57N3O4/c1-12-13-14-15-16-17-21-36(30(38)26(22-23(2)3)34-31(39)40-33(9,10)11)28(29(37)35-32(6,7)8)27-24(4)19-18-20-25(27)5/h18-20,23,26,28H,12-17,21-22H2,1-11H3,(H,34,39)(H,35,37). The number of rotatable bonds is 14. The first-order valence-electron chi connectivity index (χ1n) is 15.1. The minimum atomic E-state index is -0.821. The maximum Gasteiger partial charge on any atom is 0.408 e. The first-order chi connectivity index (χ1) is 18.5. The number of carbonyl (C=O) groups is 3. The number of amides is 3. The van der Waals surface area contributed by atoms with E-state index in [-0.39, 0.29) is 17.7 Å². The molecule has 0 radical (unpaired) electrons. The Labute approximate surface area is 244 Å². The zero-order valence-corrected chi connectivity index (χ0v) is 27.2. The lowest BCUT2D eigenvalue weighted by Crippen LogP contribution is -2.55. The Morgan fingerprint density at radius 1 is 0.900 bits per heavy atom. The van der Waals surface area contributed by atoms with Gasteiger partial charge in [-0.05, 0) is 90.8 Å². The number of unbranched alkanes of at least 4 members (excludes halogenated alkanes) is 5. The smallest absolute Gasteiger partial charge is 0.408 e. The van der Waals surface area contributed by atoms with E-state index < -0.39 is 29.3 Å². The van der Waals surface area contributed by atoms with Gasteiger partial charge in [0.2, 0.25) is 11.8 Å². The number of ether oxygens (including phenoxy) is 1. The fourth-order valence-corrected chi connectivity index (χ4v) is 4.90. The summed E-state index contributed by atoms with van der Waals surface area (Å²) >= 11 is 0. The highest BCUT2D eigenvalue weighted by atomic mass is 16.6. The van der Waals surface area contributed by atoms with Crippen molar-refractivity contribution in [2.75, 3.05) is 6.54 Å². The van der Waals surface area contributed by atoms with Crippen LogP contribution in [0.1, 0.15) is 130 Å². The molecule has 2 unspecified atom stereocenters. The van der Waals surface area contributed by atoms with E-state index in [1.54, 1.807) is 25.7 Å². The number of carbonyl (C=O) groups excluding carboxylic acids is 3. The summed E-state index contributed by atoms with van der Waals surface area (Å²) in [6, 6.07) is 4.30. The van der Waals surface area contributed by atoms with Crippen LogP contribution in [-0.2, 0) is 14.3 Å². The van der Waals surface area contributed by atoms with Crippen LogP contribution in [0.25, 0.3) is 0 Å². The molecule has 40 heavy (non-hydrogen) atoms. The average Bonchev–Trinajstić information content (AvgIpc) is 2.78. The number of nitrogens with one attached hydrogen (secondary N) is 2. The first-order valence-corrected chi connectivity index (χ1v) is 15.1. The number of aryl methyl sites for hydroxylation is 2. The van der Waals surface area contributed by atoms with E-state index in [4.69, 9.17) is 4.74 Å². The van der Waals surface area contributed by atoms with Gasteiger partial charge in [-0.15, -0.1) is 0 Å². The van der Waals surface area contributed by atoms with Crippen molar-refractivity contribution in [2.45, 2.75) is 144 Å². The van der Waals surface area contributed by atoms with Gasteiger partial charge < -0.3 is 20.3 Å². The van der Waals surface area contributed by atoms with E-state index in [0.717, 1.165) is 42.4 Å². The van der Waals surface area contributed by atoms with Gasteiger partial charge in [-0.1, -0.05) is 71.1 Å². The fraction of sp³-hybridized carbons (Fsp3) is 0.727. The van der Waals surface area contributed by atoms with Gasteiger partial charge in [0, 0.05) is 12.1 Å². The van der Waals surface area contributed by atoms with Gasteiger partial charge in [0.05, 0.1) is 0 Å². The van der Waals surface area contributed by atoms with Crippen LogP contribution < -0.4 is 10.6 Å². The third kappa shape index (κ3) is 12.7. The van der Waals surface area contributed by atoms with E-state index in [1.165, 1.54) is 12.8 Å². The Bertz CT molecular complexity index is 939. The maximum absolute atomic E-state index is 14.4. The molecule has 1 rings (SSSR count). The van der Waals surface area contributed by atoms with Crippen LogP contribution >= 0.6 is 0 Å². The van der Waals surface area contributed by atoms with Gasteiger partial charge in [-0.25, -0.2) is 4.79 Å². The Morgan fingerprint density at radius 3 is 1.95 bits per heavy atom. The van der Waals surface area contributed by atoms with Crippen molar-refractivity contribution < 1.29 is 19.1 Å². The van der Waals surface area contributed by atoms with E-state index in [0.29, 0.717) is 13.0 Å². The summed E-state index contributed by atoms with van der Waals surface area (Å²) in [5, 5.41) is 5.97. The summed E-state index contributed by atoms with van der Waals surface area (Å²) in [5.74, 6) is -0.337. The van der Waals surface area contributed by atoms with Crippen LogP contribution in [0.3, 0.4) is 0 Å². The predicted octanol–water partition coefficient (Wildman–Crippen LogP) is 7.39. The summed E-state index contributed by atoms with van der Waals surface area (Å²) in [7, 11) is 0. The van der Waals surface area contributed by atoms with Crippen LogP contribution in [0.2, 0.25) is 0 Å². The summed E-state index contributed by atoms with van der Waals surface area (Å²) in [5.41, 5.74) is 1.57. The molecule has 0 aromatic heterocycles. The summed E-state index contributed by atoms with van der Waals surface area (Å²) in [6.07, 6.45) is 6.16. The highest BCUT2D eigenvalue weighted by Crippen LogP contribution is 2.30. The maximum atomic E-state index is 14.4. The Morgan fingerprint density at radius 2 is 1.45 bits per heavy atom. The van der Waals surface area contributed by atoms with Gasteiger partial charge in [0.25, 0.3) is 0 Å². The van der Waals surface area contributed by atoms with Crippen molar-refractivity contribution in [2.24, 2.45) is 5.92 Å². The van der Waals surface area contributed by atoms with E-state index in [1.807, 2.05) is 66.7 Å². The topological polar surface area (TPSA) is 87.7 Å². The third-order valence-corrected chi connectivity index (χ3v) is 6.61. The van der Waals surface area contributed by atoms with Gasteiger partial charge in [-0.3, -0.25) is 9.59 Å². The minimum Gasteiger partial charge on any atom is -0.444 e. The van der Waals surface area contributed by atoms with Crippen LogP contribution in [0.5, 0.6) is 0 Å². The summed E-state index contributed by atoms with van der Waals surface area (Å²) in [6.45, 7) is 21.8. The molecular weight excluding hydrogens is 502 g/mol. The second kappa shape index (κ2) is 16.0. The molecule has 7 heteroatoms. The van der Waals surface area contributed by atoms with Crippen LogP contribution in [0, 0.1) is 19.8 Å². The number of nitrogens with zero attached hydrogens (tertiary/aromatic N) is 1. The number of benzene rings is 1. The number of alkyl carbamates (subject to hydrolysis) is 1. The molecule has 0 aliphatic heterocycles. The lowest BCUT2D eigenvalue weighted by molar-refractivity contribution is -0.143. The first kappa shape index (κ1) is 35.5. The van der Waals surface area contributed by atoms with Crippen LogP contribution in [0.4, 0.5) is 4.79 Å². The highest BCUT2D eigenvalue weighted by molar-refractivity contribution is 5.92. The third-order valence-electron chi connectivity index (χ3n) is 6.61. The van der Waals surface area contributed by atoms with Crippen LogP contribution in [-0.4, -0.2) is 46.5 Å².